The summed E-state index contributed by atoms with van der Waals surface area (Å²) >= 11 is 0. The van der Waals surface area contributed by atoms with Crippen molar-refractivity contribution in [3.63, 3.8) is 0 Å². The third kappa shape index (κ3) is 9.02. The van der Waals surface area contributed by atoms with E-state index in [0.29, 0.717) is 49.1 Å². The number of aliphatic hydroxyl groups is 6. The summed E-state index contributed by atoms with van der Waals surface area (Å²) in [5.74, 6) is -1.10. The molecule has 18 atom stereocenters. The molecule has 12 rings (SSSR count). The number of ketones is 1. The molecule has 1 saturated heterocycles. The molecule has 4 bridgehead atoms. The molecule has 0 aromatic carbocycles. The first kappa shape index (κ1) is 58.2. The minimum Gasteiger partial charge on any atom is -0.396 e. The lowest BCUT2D eigenvalue weighted by molar-refractivity contribution is -0.202. The smallest absolute Gasteiger partial charge is 0.190 e. The maximum atomic E-state index is 16.0. The predicted molar refractivity (Wildman–Crippen MR) is 319 cm³/mol. The zero-order chi connectivity index (χ0) is 56.3. The standard InChI is InChI=1S/C65H100N6O7S2/c1-37(2)14-12-21-62-31-49(75)57(76)45(33-67-6)55(62)48(74)27-47-53(62)40(32-69-59(66)70-38(3)73)29-63(35-72)46-28-50(65(47,63)78)64(22-9-10-23-64)80-79-34-41(71-25-24-68-36-71)30-60(4,5)56-43-17-13-20-61(18-7-8-19-61)54(43)42-16-11-15-39-26-44(46)58(77)52(56)51(39)42/h24-25,27,36-41,44-46,49-50,52-55,57-58,67,72-73,75-78H,7-23,26,28-35H2,1-6H3,(H3,66,69,70). The highest BCUT2D eigenvalue weighted by Gasteiger charge is 2.78. The zero-order valence-corrected chi connectivity index (χ0v) is 50.9. The quantitative estimate of drug-likeness (QED) is 0.0332. The molecular formula is C65H100N6O7S2. The molecule has 18 unspecified atom stereocenters. The van der Waals surface area contributed by atoms with Crippen LogP contribution in [0.2, 0.25) is 0 Å². The fourth-order valence-corrected chi connectivity index (χ4v) is 26.1. The lowest BCUT2D eigenvalue weighted by atomic mass is 9.39. The molecule has 15 heteroatoms. The highest BCUT2D eigenvalue weighted by Crippen LogP contribution is 2.78. The van der Waals surface area contributed by atoms with Gasteiger partial charge in [0.2, 0.25) is 0 Å². The maximum Gasteiger partial charge on any atom is 0.190 e. The fraction of sp³-hybridized carbons (Fsp3) is 0.831. The molecule has 13 nitrogen and oxygen atoms in total. The van der Waals surface area contributed by atoms with Crippen molar-refractivity contribution in [2.75, 3.05) is 32.5 Å². The number of fused-ring (bicyclic) bond motifs is 15. The van der Waals surface area contributed by atoms with Crippen LogP contribution in [0, 0.1) is 86.8 Å². The van der Waals surface area contributed by atoms with Gasteiger partial charge in [0.15, 0.2) is 11.7 Å². The van der Waals surface area contributed by atoms with Crippen molar-refractivity contribution >= 4 is 33.3 Å². The molecule has 11 aliphatic rings. The van der Waals surface area contributed by atoms with Gasteiger partial charge in [0.1, 0.15) is 6.23 Å². The van der Waals surface area contributed by atoms with Gasteiger partial charge < -0.3 is 51.6 Å². The number of hydrogen-bond donors (Lipinski definition) is 9. The highest BCUT2D eigenvalue weighted by atomic mass is 33.1. The first-order valence-electron chi connectivity index (χ1n) is 32.1. The summed E-state index contributed by atoms with van der Waals surface area (Å²) in [5, 5.41) is 84.1. The van der Waals surface area contributed by atoms with Crippen LogP contribution in [0.15, 0.2) is 57.7 Å². The Balaban J connectivity index is 1.10. The monoisotopic (exact) mass is 1140 g/mol. The minimum absolute atomic E-state index is 0.101. The van der Waals surface area contributed by atoms with Gasteiger partial charge >= 0.3 is 0 Å². The largest absolute Gasteiger partial charge is 0.396 e. The molecule has 7 saturated carbocycles. The average molecular weight is 1140 g/mol. The lowest BCUT2D eigenvalue weighted by Crippen LogP contribution is -2.70. The number of nitrogens with two attached hydrogens (primary N) is 1. The van der Waals surface area contributed by atoms with Crippen LogP contribution in [-0.2, 0) is 4.79 Å². The minimum atomic E-state index is -1.67. The number of rotatable bonds is 11. The Bertz CT molecular complexity index is 2590. The number of hydrogen-bond acceptors (Lipinski definition) is 12. The number of aliphatic imine (C=N–C) groups is 1. The summed E-state index contributed by atoms with van der Waals surface area (Å²) in [6, 6.07) is 0.128. The van der Waals surface area contributed by atoms with Crippen LogP contribution in [0.3, 0.4) is 0 Å². The number of imidazole rings is 1. The van der Waals surface area contributed by atoms with Crippen LogP contribution in [0.4, 0.5) is 0 Å². The molecular weight excluding hydrogens is 1040 g/mol. The van der Waals surface area contributed by atoms with E-state index in [1.54, 1.807) is 23.6 Å². The van der Waals surface area contributed by atoms with E-state index < -0.39 is 63.5 Å². The van der Waals surface area contributed by atoms with E-state index in [9.17, 15) is 25.5 Å². The van der Waals surface area contributed by atoms with E-state index >= 15 is 9.90 Å². The van der Waals surface area contributed by atoms with Crippen LogP contribution >= 0.6 is 21.6 Å². The summed E-state index contributed by atoms with van der Waals surface area (Å²) in [6.07, 6.45) is 25.2. The van der Waals surface area contributed by atoms with Gasteiger partial charge in [-0.15, -0.1) is 0 Å². The molecule has 8 fully saturated rings. The van der Waals surface area contributed by atoms with Crippen LogP contribution in [0.25, 0.3) is 0 Å². The summed E-state index contributed by atoms with van der Waals surface area (Å²) in [7, 11) is 5.77. The van der Waals surface area contributed by atoms with Gasteiger partial charge in [0.25, 0.3) is 0 Å². The Morgan fingerprint density at radius 1 is 0.950 bits per heavy atom. The van der Waals surface area contributed by atoms with Crippen molar-refractivity contribution in [1.29, 1.82) is 0 Å². The van der Waals surface area contributed by atoms with Crippen LogP contribution in [0.5, 0.6) is 0 Å². The molecule has 2 spiro atoms. The number of aliphatic hydroxyl groups excluding tert-OH is 5. The number of nitrogens with one attached hydrogen (secondary N) is 2. The first-order chi connectivity index (χ1) is 38.3. The molecule has 1 aliphatic heterocycles. The van der Waals surface area contributed by atoms with E-state index in [4.69, 9.17) is 10.7 Å². The summed E-state index contributed by atoms with van der Waals surface area (Å²) in [6.45, 7) is 11.3. The van der Waals surface area contributed by atoms with E-state index in [1.807, 2.05) is 47.2 Å². The molecule has 0 amide bonds. The third-order valence-electron chi connectivity index (χ3n) is 24.7. The normalized spacial score (nSPS) is 43.1. The molecule has 444 valence electrons. The fourth-order valence-electron chi connectivity index (χ4n) is 22.3. The van der Waals surface area contributed by atoms with Crippen molar-refractivity contribution < 1.29 is 35.4 Å². The molecule has 0 radical (unpaired) electrons. The number of aromatic nitrogens is 2. The zero-order valence-electron chi connectivity index (χ0n) is 49.3. The molecule has 1 aromatic heterocycles. The molecule has 80 heavy (non-hydrogen) atoms. The third-order valence-corrected chi connectivity index (χ3v) is 28.1. The summed E-state index contributed by atoms with van der Waals surface area (Å²) in [5.41, 5.74) is 10.1. The Kier molecular flexibility index (Phi) is 16.0. The number of nitrogens with zero attached hydrogens (tertiary/aromatic N) is 3. The second-order valence-corrected chi connectivity index (χ2v) is 32.3. The number of guanidine groups is 1. The van der Waals surface area contributed by atoms with Crippen molar-refractivity contribution in [2.45, 2.75) is 217 Å². The molecule has 10 N–H and O–H groups in total. The molecule has 2 heterocycles. The van der Waals surface area contributed by atoms with Gasteiger partial charge in [-0.1, -0.05) is 110 Å². The van der Waals surface area contributed by atoms with Crippen molar-refractivity contribution in [3.8, 4) is 0 Å². The molecule has 1 aromatic rings. The Morgan fingerprint density at radius 3 is 2.39 bits per heavy atom. The van der Waals surface area contributed by atoms with Gasteiger partial charge in [0.05, 0.1) is 36.8 Å². The summed E-state index contributed by atoms with van der Waals surface area (Å²) in [4.78, 5) is 25.7. The van der Waals surface area contributed by atoms with E-state index in [1.165, 1.54) is 44.1 Å². The lowest BCUT2D eigenvalue weighted by Gasteiger charge is -2.66. The van der Waals surface area contributed by atoms with Crippen molar-refractivity contribution in [3.05, 3.63) is 52.7 Å². The van der Waals surface area contributed by atoms with E-state index in [2.05, 4.69) is 54.1 Å². The van der Waals surface area contributed by atoms with Crippen molar-refractivity contribution in [1.82, 2.24) is 20.2 Å². The highest BCUT2D eigenvalue weighted by molar-refractivity contribution is 8.77. The van der Waals surface area contributed by atoms with Gasteiger partial charge in [-0.05, 0) is 180 Å². The van der Waals surface area contributed by atoms with Gasteiger partial charge in [-0.2, -0.15) is 0 Å². The SMILES string of the molecule is CNCC1C(O)C(O)CC2(CCCC(C)C)C3C(=CC(=O)C12)C1(O)C2CC(C4CC5CCCC6=C5C(C(=C5CCCC7(CCCC7)C65)C(C)(C)CC(n5ccnc5)CSSC25CCCC5)C4O)C1(CO)CC3CN=C(N)NC(C)O. The van der Waals surface area contributed by atoms with Crippen LogP contribution < -0.4 is 16.4 Å². The average Bonchev–Trinajstić information content (AvgIpc) is 2.90. The summed E-state index contributed by atoms with van der Waals surface area (Å²) < 4.78 is 1.93. The van der Waals surface area contributed by atoms with E-state index in [0.717, 1.165) is 82.8 Å². The second kappa shape index (κ2) is 21.9. The predicted octanol–water partition coefficient (Wildman–Crippen LogP) is 9.44. The van der Waals surface area contributed by atoms with Crippen LogP contribution in [0.1, 0.15) is 182 Å². The van der Waals surface area contributed by atoms with E-state index in [-0.39, 0.29) is 77.8 Å². The molecule has 10 aliphatic carbocycles. The Labute approximate surface area is 485 Å². The van der Waals surface area contributed by atoms with Gasteiger partial charge in [-0.25, -0.2) is 4.98 Å². The first-order valence-corrected chi connectivity index (χ1v) is 34.4. The Morgan fingerprint density at radius 2 is 1.69 bits per heavy atom. The number of carbonyl (C=O) groups excluding carboxylic acids is 1. The topological polar surface area (TPSA) is 219 Å². The maximum absolute atomic E-state index is 16.0. The second-order valence-electron chi connectivity index (χ2n) is 29.6. The number of allylic oxidation sites excluding steroid dienone is 3. The van der Waals surface area contributed by atoms with Crippen molar-refractivity contribution in [2.24, 2.45) is 97.5 Å². The Hall–Kier alpha value is -2.21. The number of carbonyl (C=O) groups is 1. The van der Waals surface area contributed by atoms with Gasteiger partial charge in [0, 0.05) is 77.0 Å². The van der Waals surface area contributed by atoms with Gasteiger partial charge in [-0.3, -0.25) is 9.79 Å². The van der Waals surface area contributed by atoms with Crippen LogP contribution in [-0.4, -0.2) is 119 Å².